The van der Waals surface area contributed by atoms with Gasteiger partial charge in [-0.3, -0.25) is 4.79 Å². The van der Waals surface area contributed by atoms with Gasteiger partial charge in [-0.15, -0.1) is 0 Å². The quantitative estimate of drug-likeness (QED) is 0.693. The average Bonchev–Trinajstić information content (AvgIpc) is 2.57. The van der Waals surface area contributed by atoms with Crippen LogP contribution in [-0.4, -0.2) is 24.8 Å². The summed E-state index contributed by atoms with van der Waals surface area (Å²) in [5.74, 6) is 0.0445. The van der Waals surface area contributed by atoms with Crippen LogP contribution in [0.15, 0.2) is 47.6 Å². The van der Waals surface area contributed by atoms with Crippen molar-refractivity contribution in [3.63, 3.8) is 0 Å². The zero-order chi connectivity index (χ0) is 16.2. The van der Waals surface area contributed by atoms with E-state index in [-0.39, 0.29) is 17.2 Å². The molecule has 2 aromatic carbocycles. The molecule has 0 spiro atoms. The number of hydrogen-bond donors (Lipinski definition) is 1. The van der Waals surface area contributed by atoms with E-state index in [1.165, 1.54) is 18.2 Å². The number of carbonyl (C=O) groups excluding carboxylic acids is 1. The second-order valence-corrected chi connectivity index (χ2v) is 5.14. The number of nitrogens with zero attached hydrogens (tertiary/aromatic N) is 1. The number of nitrogens with one attached hydrogen (secondary N) is 1. The lowest BCUT2D eigenvalue weighted by Gasteiger charge is -2.24. The summed E-state index contributed by atoms with van der Waals surface area (Å²) >= 11 is 5.86. The zero-order valence-corrected chi connectivity index (χ0v) is 12.6. The highest BCUT2D eigenvalue weighted by atomic mass is 35.5. The number of fused-ring (bicyclic) bond motifs is 1. The van der Waals surface area contributed by atoms with Crippen LogP contribution in [0.25, 0.3) is 0 Å². The highest BCUT2D eigenvalue weighted by Crippen LogP contribution is 2.30. The molecule has 1 heterocycles. The molecule has 0 fully saturated rings. The zero-order valence-electron chi connectivity index (χ0n) is 11.8. The summed E-state index contributed by atoms with van der Waals surface area (Å²) in [5.41, 5.74) is 2.38. The molecule has 1 aliphatic rings. The van der Waals surface area contributed by atoms with Gasteiger partial charge in [0.1, 0.15) is 12.4 Å². The third-order valence-electron chi connectivity index (χ3n) is 3.17. The summed E-state index contributed by atoms with van der Waals surface area (Å²) in [6, 6.07) is 11.3. The maximum Gasteiger partial charge on any atom is 0.284 e. The Hall–Kier alpha value is -2.60. The molecule has 23 heavy (non-hydrogen) atoms. The fraction of sp³-hybridized carbons (Fsp3) is 0.125. The predicted molar refractivity (Wildman–Crippen MR) is 83.5 cm³/mol. The average molecular weight is 335 g/mol. The molecule has 0 radical (unpaired) electrons. The third kappa shape index (κ3) is 3.43. The monoisotopic (exact) mass is 334 g/mol. The predicted octanol–water partition coefficient (Wildman–Crippen LogP) is 2.77. The summed E-state index contributed by atoms with van der Waals surface area (Å²) in [5, 5.41) is 3.91. The van der Waals surface area contributed by atoms with Gasteiger partial charge in [-0.25, -0.2) is 9.82 Å². The van der Waals surface area contributed by atoms with Gasteiger partial charge in [-0.05, 0) is 24.3 Å². The molecule has 0 aromatic heterocycles. The Morgan fingerprint density at radius 3 is 2.83 bits per heavy atom. The van der Waals surface area contributed by atoms with Gasteiger partial charge in [-0.1, -0.05) is 29.8 Å². The molecule has 1 N–H and O–H groups in total. The van der Waals surface area contributed by atoms with Crippen molar-refractivity contribution < 1.29 is 18.7 Å². The van der Waals surface area contributed by atoms with E-state index in [2.05, 4.69) is 10.5 Å². The molecule has 2 aromatic rings. The largest absolute Gasteiger partial charge is 0.485 e. The Morgan fingerprint density at radius 2 is 2.04 bits per heavy atom. The van der Waals surface area contributed by atoms with Crippen molar-refractivity contribution in [2.45, 2.75) is 6.10 Å². The van der Waals surface area contributed by atoms with Crippen LogP contribution in [0.5, 0.6) is 11.5 Å². The van der Waals surface area contributed by atoms with E-state index < -0.39 is 17.8 Å². The van der Waals surface area contributed by atoms with Gasteiger partial charge in [0.25, 0.3) is 5.91 Å². The van der Waals surface area contributed by atoms with Gasteiger partial charge in [0, 0.05) is 5.56 Å². The van der Waals surface area contributed by atoms with Crippen LogP contribution in [0.4, 0.5) is 4.39 Å². The normalized spacial score (nSPS) is 16.3. The first-order chi connectivity index (χ1) is 11.1. The van der Waals surface area contributed by atoms with Crippen molar-refractivity contribution in [1.29, 1.82) is 0 Å². The van der Waals surface area contributed by atoms with Gasteiger partial charge < -0.3 is 9.47 Å². The van der Waals surface area contributed by atoms with Crippen LogP contribution in [-0.2, 0) is 4.79 Å². The van der Waals surface area contributed by atoms with Gasteiger partial charge in [0.15, 0.2) is 11.5 Å². The fourth-order valence-corrected chi connectivity index (χ4v) is 2.23. The van der Waals surface area contributed by atoms with Crippen LogP contribution >= 0.6 is 11.6 Å². The second-order valence-electron chi connectivity index (χ2n) is 4.73. The lowest BCUT2D eigenvalue weighted by Crippen LogP contribution is -2.42. The van der Waals surface area contributed by atoms with Crippen molar-refractivity contribution in [2.24, 2.45) is 5.10 Å². The molecule has 7 heteroatoms. The summed E-state index contributed by atoms with van der Waals surface area (Å²) in [4.78, 5) is 12.0. The highest BCUT2D eigenvalue weighted by molar-refractivity contribution is 6.33. The van der Waals surface area contributed by atoms with E-state index in [4.69, 9.17) is 21.1 Å². The number of halogens is 2. The molecule has 0 aliphatic carbocycles. The van der Waals surface area contributed by atoms with Crippen LogP contribution in [0.3, 0.4) is 0 Å². The number of rotatable bonds is 3. The first-order valence-corrected chi connectivity index (χ1v) is 7.18. The number of benzene rings is 2. The molecular weight excluding hydrogens is 323 g/mol. The van der Waals surface area contributed by atoms with E-state index >= 15 is 0 Å². The summed E-state index contributed by atoms with van der Waals surface area (Å²) in [7, 11) is 0. The van der Waals surface area contributed by atoms with E-state index in [1.807, 2.05) is 6.07 Å². The molecule has 1 unspecified atom stereocenters. The van der Waals surface area contributed by atoms with Crippen molar-refractivity contribution in [2.75, 3.05) is 6.61 Å². The van der Waals surface area contributed by atoms with E-state index in [0.717, 1.165) is 6.21 Å². The number of amides is 1. The minimum absolute atomic E-state index is 0.0683. The van der Waals surface area contributed by atoms with Crippen LogP contribution in [0.2, 0.25) is 5.02 Å². The number of carbonyl (C=O) groups is 1. The number of para-hydroxylation sites is 2. The maximum absolute atomic E-state index is 13.6. The summed E-state index contributed by atoms with van der Waals surface area (Å²) in [6.45, 7) is 0.0683. The molecule has 0 bridgehead atoms. The fourth-order valence-electron chi connectivity index (χ4n) is 2.02. The lowest BCUT2D eigenvalue weighted by molar-refractivity contribution is -0.130. The number of hydrogen-bond acceptors (Lipinski definition) is 4. The van der Waals surface area contributed by atoms with E-state index in [9.17, 15) is 9.18 Å². The number of hydrazone groups is 1. The molecule has 118 valence electrons. The molecule has 0 saturated carbocycles. The molecular formula is C16H12ClFN2O3. The second kappa shape index (κ2) is 6.66. The van der Waals surface area contributed by atoms with Gasteiger partial charge in [0.2, 0.25) is 6.10 Å². The molecule has 0 saturated heterocycles. The van der Waals surface area contributed by atoms with Crippen molar-refractivity contribution >= 4 is 23.7 Å². The maximum atomic E-state index is 13.6. The van der Waals surface area contributed by atoms with Crippen LogP contribution < -0.4 is 14.9 Å². The summed E-state index contributed by atoms with van der Waals surface area (Å²) < 4.78 is 24.5. The standard InChI is InChI=1S/C16H12ClFN2O3/c17-11-4-3-5-12(18)10(11)8-19-20-16(21)15-9-22-13-6-1-2-7-14(13)23-15/h1-8,15H,9H2,(H,20,21). The van der Waals surface area contributed by atoms with Gasteiger partial charge in [-0.2, -0.15) is 5.10 Å². The minimum atomic E-state index is -0.835. The lowest BCUT2D eigenvalue weighted by atomic mass is 10.2. The van der Waals surface area contributed by atoms with Crippen LogP contribution in [0, 0.1) is 5.82 Å². The Bertz CT molecular complexity index is 746. The van der Waals surface area contributed by atoms with Crippen molar-refractivity contribution in [1.82, 2.24) is 5.43 Å². The molecule has 5 nitrogen and oxygen atoms in total. The smallest absolute Gasteiger partial charge is 0.284 e. The Labute approximate surface area is 136 Å². The molecule has 1 atom stereocenters. The van der Waals surface area contributed by atoms with Crippen molar-refractivity contribution in [3.05, 3.63) is 58.9 Å². The minimum Gasteiger partial charge on any atom is -0.485 e. The first kappa shape index (κ1) is 15.3. The SMILES string of the molecule is O=C(NN=Cc1c(F)cccc1Cl)C1COc2ccccc2O1. The van der Waals surface area contributed by atoms with E-state index in [1.54, 1.807) is 18.2 Å². The van der Waals surface area contributed by atoms with Crippen molar-refractivity contribution in [3.8, 4) is 11.5 Å². The van der Waals surface area contributed by atoms with Gasteiger partial charge >= 0.3 is 0 Å². The van der Waals surface area contributed by atoms with Gasteiger partial charge in [0.05, 0.1) is 11.2 Å². The topological polar surface area (TPSA) is 59.9 Å². The highest BCUT2D eigenvalue weighted by Gasteiger charge is 2.27. The van der Waals surface area contributed by atoms with E-state index in [0.29, 0.717) is 11.5 Å². The Morgan fingerprint density at radius 1 is 1.26 bits per heavy atom. The first-order valence-electron chi connectivity index (χ1n) is 6.80. The Kier molecular flexibility index (Phi) is 4.43. The number of ether oxygens (including phenoxy) is 2. The molecule has 3 rings (SSSR count). The Balaban J connectivity index is 1.63. The third-order valence-corrected chi connectivity index (χ3v) is 3.50. The molecule has 1 aliphatic heterocycles. The summed E-state index contributed by atoms with van der Waals surface area (Å²) in [6.07, 6.45) is 0.311. The van der Waals surface area contributed by atoms with Crippen LogP contribution in [0.1, 0.15) is 5.56 Å². The molecule has 1 amide bonds.